The van der Waals surface area contributed by atoms with Gasteiger partial charge in [-0.2, -0.15) is 0 Å². The van der Waals surface area contributed by atoms with E-state index in [0.29, 0.717) is 11.8 Å². The molecule has 0 aliphatic carbocycles. The second-order valence-electron chi connectivity index (χ2n) is 6.55. The largest absolute Gasteiger partial charge is 0.311 e. The zero-order valence-electron chi connectivity index (χ0n) is 13.0. The number of halogens is 1. The van der Waals surface area contributed by atoms with Gasteiger partial charge in [-0.1, -0.05) is 54.8 Å². The number of benzene rings is 1. The van der Waals surface area contributed by atoms with Gasteiger partial charge in [-0.05, 0) is 50.3 Å². The van der Waals surface area contributed by atoms with Crippen molar-refractivity contribution in [3.8, 4) is 0 Å². The summed E-state index contributed by atoms with van der Waals surface area (Å²) in [5.41, 5.74) is 1.63. The molecule has 0 aromatic heterocycles. The lowest BCUT2D eigenvalue weighted by Crippen LogP contribution is -2.39. The summed E-state index contributed by atoms with van der Waals surface area (Å²) >= 11 is 3.52. The third-order valence-electron chi connectivity index (χ3n) is 3.58. The molecule has 2 atom stereocenters. The van der Waals surface area contributed by atoms with Crippen molar-refractivity contribution in [2.24, 2.45) is 5.92 Å². The lowest BCUT2D eigenvalue weighted by atomic mass is 9.84. The zero-order valence-corrected chi connectivity index (χ0v) is 14.5. The highest BCUT2D eigenvalue weighted by Gasteiger charge is 2.21. The fraction of sp³-hybridized carbons (Fsp3) is 0.647. The molecule has 0 spiro atoms. The molecule has 1 N–H and O–H groups in total. The Balaban J connectivity index is 2.82. The van der Waals surface area contributed by atoms with Crippen molar-refractivity contribution < 1.29 is 0 Å². The van der Waals surface area contributed by atoms with Crippen LogP contribution in [0.2, 0.25) is 0 Å². The van der Waals surface area contributed by atoms with E-state index in [0.717, 1.165) is 11.0 Å². The fourth-order valence-corrected chi connectivity index (χ4v) is 2.69. The van der Waals surface area contributed by atoms with Gasteiger partial charge in [0.1, 0.15) is 0 Å². The van der Waals surface area contributed by atoms with E-state index in [1.165, 1.54) is 18.4 Å². The van der Waals surface area contributed by atoms with E-state index in [1.54, 1.807) is 0 Å². The Morgan fingerprint density at radius 2 is 1.74 bits per heavy atom. The van der Waals surface area contributed by atoms with Crippen molar-refractivity contribution >= 4 is 15.9 Å². The number of nitrogens with one attached hydrogen (secondary N) is 1. The molecule has 2 unspecified atom stereocenters. The fourth-order valence-electron chi connectivity index (χ4n) is 2.43. The van der Waals surface area contributed by atoms with Crippen LogP contribution in [0, 0.1) is 5.92 Å². The molecule has 0 amide bonds. The first kappa shape index (κ1) is 16.7. The average Bonchev–Trinajstić information content (AvgIpc) is 2.30. The van der Waals surface area contributed by atoms with Gasteiger partial charge in [0.05, 0.1) is 0 Å². The molecule has 0 saturated heterocycles. The summed E-state index contributed by atoms with van der Waals surface area (Å²) in [6, 6.07) is 8.81. The van der Waals surface area contributed by atoms with E-state index in [-0.39, 0.29) is 5.54 Å². The summed E-state index contributed by atoms with van der Waals surface area (Å²) in [6.45, 7) is 12.4. The molecule has 1 aromatic rings. The summed E-state index contributed by atoms with van der Waals surface area (Å²) < 4.78 is 1.15. The van der Waals surface area contributed by atoms with E-state index in [4.69, 9.17) is 0 Å². The van der Waals surface area contributed by atoms with Crippen LogP contribution in [0.15, 0.2) is 28.7 Å². The maximum Gasteiger partial charge on any atom is 0.0175 e. The van der Waals surface area contributed by atoms with Gasteiger partial charge in [-0.15, -0.1) is 0 Å². The zero-order chi connectivity index (χ0) is 14.5. The van der Waals surface area contributed by atoms with Crippen molar-refractivity contribution in [1.82, 2.24) is 5.32 Å². The van der Waals surface area contributed by atoms with E-state index in [1.807, 2.05) is 0 Å². The van der Waals surface area contributed by atoms with E-state index < -0.39 is 0 Å². The Morgan fingerprint density at radius 3 is 2.21 bits per heavy atom. The van der Waals surface area contributed by atoms with Crippen LogP contribution < -0.4 is 5.32 Å². The molecule has 0 radical (unpaired) electrons. The Bertz CT molecular complexity index is 364. The van der Waals surface area contributed by atoms with Gasteiger partial charge in [0.2, 0.25) is 0 Å². The lowest BCUT2D eigenvalue weighted by molar-refractivity contribution is 0.348. The van der Waals surface area contributed by atoms with Gasteiger partial charge in [-0.25, -0.2) is 0 Å². The Kier molecular flexibility index (Phi) is 6.55. The maximum absolute atomic E-state index is 3.66. The van der Waals surface area contributed by atoms with Crippen molar-refractivity contribution in [3.63, 3.8) is 0 Å². The molecule has 108 valence electrons. The summed E-state index contributed by atoms with van der Waals surface area (Å²) in [5.74, 6) is 1.30. The maximum atomic E-state index is 3.66. The molecular weight excluding hydrogens is 298 g/mol. The second kappa shape index (κ2) is 7.44. The molecule has 2 heteroatoms. The highest BCUT2D eigenvalue weighted by Crippen LogP contribution is 2.29. The molecule has 0 saturated carbocycles. The summed E-state index contributed by atoms with van der Waals surface area (Å²) in [5, 5.41) is 3.66. The number of hydrogen-bond donors (Lipinski definition) is 1. The molecule has 0 fully saturated rings. The minimum Gasteiger partial charge on any atom is -0.311 e. The third-order valence-corrected chi connectivity index (χ3v) is 4.11. The first-order chi connectivity index (χ1) is 8.83. The van der Waals surface area contributed by atoms with Gasteiger partial charge in [0.15, 0.2) is 0 Å². The Hall–Kier alpha value is -0.340. The van der Waals surface area contributed by atoms with Crippen molar-refractivity contribution in [1.29, 1.82) is 0 Å². The normalized spacial score (nSPS) is 15.3. The molecule has 0 heterocycles. The van der Waals surface area contributed by atoms with Crippen LogP contribution in [-0.2, 0) is 0 Å². The molecular formula is C17H28BrN. The molecule has 0 aliphatic heterocycles. The predicted octanol–water partition coefficient (Wildman–Crippen LogP) is 5.36. The van der Waals surface area contributed by atoms with Gasteiger partial charge in [0.25, 0.3) is 0 Å². The van der Waals surface area contributed by atoms with Gasteiger partial charge in [-0.3, -0.25) is 0 Å². The average molecular weight is 326 g/mol. The Morgan fingerprint density at radius 1 is 1.16 bits per heavy atom. The van der Waals surface area contributed by atoms with Gasteiger partial charge in [0, 0.05) is 16.6 Å². The van der Waals surface area contributed by atoms with Crippen LogP contribution in [0.25, 0.3) is 0 Å². The smallest absolute Gasteiger partial charge is 0.0175 e. The van der Waals surface area contributed by atoms with E-state index in [9.17, 15) is 0 Å². The quantitative estimate of drug-likeness (QED) is 0.742. The number of hydrogen-bond acceptors (Lipinski definition) is 1. The van der Waals surface area contributed by atoms with Crippen LogP contribution in [0.3, 0.4) is 0 Å². The molecule has 0 aliphatic rings. The summed E-state index contributed by atoms with van der Waals surface area (Å²) in [6.07, 6.45) is 2.54. The third kappa shape index (κ3) is 6.09. The predicted molar refractivity (Wildman–Crippen MR) is 88.7 cm³/mol. The van der Waals surface area contributed by atoms with Crippen molar-refractivity contribution in [3.05, 3.63) is 34.3 Å². The topological polar surface area (TPSA) is 12.0 Å². The monoisotopic (exact) mass is 325 g/mol. The number of rotatable bonds is 6. The van der Waals surface area contributed by atoms with Crippen LogP contribution >= 0.6 is 15.9 Å². The lowest BCUT2D eigenvalue weighted by Gasteiger charge is -2.29. The van der Waals surface area contributed by atoms with Gasteiger partial charge < -0.3 is 5.32 Å². The second-order valence-corrected chi connectivity index (χ2v) is 7.47. The first-order valence-electron chi connectivity index (χ1n) is 7.34. The van der Waals surface area contributed by atoms with Gasteiger partial charge >= 0.3 is 0 Å². The van der Waals surface area contributed by atoms with Crippen molar-refractivity contribution in [2.75, 3.05) is 6.54 Å². The molecule has 1 nitrogen and oxygen atoms in total. The molecule has 1 aromatic carbocycles. The summed E-state index contributed by atoms with van der Waals surface area (Å²) in [7, 11) is 0. The highest BCUT2D eigenvalue weighted by molar-refractivity contribution is 9.10. The molecule has 1 rings (SSSR count). The first-order valence-corrected chi connectivity index (χ1v) is 8.13. The molecule has 0 bridgehead atoms. The minimum atomic E-state index is 0.180. The SMILES string of the molecule is CCCC(C)C(CNC(C)(C)C)c1ccc(Br)cc1. The Labute approximate surface area is 127 Å². The van der Waals surface area contributed by atoms with E-state index >= 15 is 0 Å². The standard InChI is InChI=1S/C17H28BrN/c1-6-7-13(2)16(12-19-17(3,4)5)14-8-10-15(18)11-9-14/h8-11,13,16,19H,6-7,12H2,1-5H3. The van der Waals surface area contributed by atoms with Crippen molar-refractivity contribution in [2.45, 2.75) is 58.9 Å². The summed E-state index contributed by atoms with van der Waals surface area (Å²) in [4.78, 5) is 0. The van der Waals surface area contributed by atoms with Crippen LogP contribution in [-0.4, -0.2) is 12.1 Å². The highest BCUT2D eigenvalue weighted by atomic mass is 79.9. The van der Waals surface area contributed by atoms with E-state index in [2.05, 4.69) is 80.1 Å². The van der Waals surface area contributed by atoms with Crippen LogP contribution in [0.5, 0.6) is 0 Å². The van der Waals surface area contributed by atoms with Crippen LogP contribution in [0.4, 0.5) is 0 Å². The van der Waals surface area contributed by atoms with Crippen LogP contribution in [0.1, 0.15) is 58.9 Å². The minimum absolute atomic E-state index is 0.180. The molecule has 19 heavy (non-hydrogen) atoms.